The third-order valence-electron chi connectivity index (χ3n) is 3.71. The first-order chi connectivity index (χ1) is 12.5. The molecule has 26 heavy (non-hydrogen) atoms. The summed E-state index contributed by atoms with van der Waals surface area (Å²) in [5.74, 6) is -0.382. The summed E-state index contributed by atoms with van der Waals surface area (Å²) in [6.07, 6.45) is 2.15. The Labute approximate surface area is 157 Å². The standard InChI is InChI=1S/C19H23N3O3S/c1-5-11-20-19(24)25-18-14(10-9-12(2)21-18)17(23)22-15-7-6-8-16(26-4)13(15)3/h6-10H,5,11H2,1-4H3,(H,20,24)(H,22,23). The molecule has 1 aromatic carbocycles. The maximum Gasteiger partial charge on any atom is 0.413 e. The molecule has 0 aliphatic carbocycles. The highest BCUT2D eigenvalue weighted by Crippen LogP contribution is 2.27. The highest BCUT2D eigenvalue weighted by Gasteiger charge is 2.18. The number of carbonyl (C=O) groups is 2. The van der Waals surface area contributed by atoms with Gasteiger partial charge in [-0.15, -0.1) is 11.8 Å². The molecule has 6 nitrogen and oxygen atoms in total. The average molecular weight is 373 g/mol. The van der Waals surface area contributed by atoms with Crippen molar-refractivity contribution in [1.82, 2.24) is 10.3 Å². The summed E-state index contributed by atoms with van der Waals surface area (Å²) in [5, 5.41) is 5.48. The van der Waals surface area contributed by atoms with Gasteiger partial charge in [0.25, 0.3) is 5.91 Å². The van der Waals surface area contributed by atoms with E-state index < -0.39 is 6.09 Å². The lowest BCUT2D eigenvalue weighted by atomic mass is 10.1. The highest BCUT2D eigenvalue weighted by atomic mass is 32.2. The molecule has 0 aliphatic rings. The predicted octanol–water partition coefficient (Wildman–Crippen LogP) is 4.17. The molecule has 0 spiro atoms. The van der Waals surface area contributed by atoms with Gasteiger partial charge in [-0.25, -0.2) is 9.78 Å². The van der Waals surface area contributed by atoms with Crippen molar-refractivity contribution < 1.29 is 14.3 Å². The molecule has 1 heterocycles. The number of rotatable bonds is 6. The van der Waals surface area contributed by atoms with Crippen LogP contribution in [0.2, 0.25) is 0 Å². The highest BCUT2D eigenvalue weighted by molar-refractivity contribution is 7.98. The number of aryl methyl sites for hydroxylation is 1. The van der Waals surface area contributed by atoms with E-state index in [1.54, 1.807) is 30.8 Å². The van der Waals surface area contributed by atoms with Crippen LogP contribution in [0.1, 0.15) is 35.0 Å². The summed E-state index contributed by atoms with van der Waals surface area (Å²) in [6.45, 7) is 6.15. The fraction of sp³-hybridized carbons (Fsp3) is 0.316. The molecular formula is C19H23N3O3S. The average Bonchev–Trinajstić information content (AvgIpc) is 2.61. The largest absolute Gasteiger partial charge is 0.413 e. The molecule has 0 radical (unpaired) electrons. The number of hydrogen-bond donors (Lipinski definition) is 2. The van der Waals surface area contributed by atoms with Gasteiger partial charge in [-0.3, -0.25) is 4.79 Å². The zero-order chi connectivity index (χ0) is 19.1. The number of amides is 2. The van der Waals surface area contributed by atoms with Gasteiger partial charge in [0.05, 0.1) is 0 Å². The Morgan fingerprint density at radius 2 is 1.96 bits per heavy atom. The van der Waals surface area contributed by atoms with Gasteiger partial charge in [-0.05, 0) is 56.4 Å². The Kier molecular flexibility index (Phi) is 7.03. The van der Waals surface area contributed by atoms with E-state index in [1.165, 1.54) is 0 Å². The number of nitrogens with zero attached hydrogens (tertiary/aromatic N) is 1. The normalized spacial score (nSPS) is 10.3. The number of benzene rings is 1. The summed E-state index contributed by atoms with van der Waals surface area (Å²) in [5.41, 5.74) is 2.55. The van der Waals surface area contributed by atoms with Crippen molar-refractivity contribution in [2.45, 2.75) is 32.1 Å². The van der Waals surface area contributed by atoms with Crippen molar-refractivity contribution in [3.63, 3.8) is 0 Å². The van der Waals surface area contributed by atoms with E-state index in [-0.39, 0.29) is 17.4 Å². The first kappa shape index (κ1) is 19.8. The molecule has 2 N–H and O–H groups in total. The van der Waals surface area contributed by atoms with Gasteiger partial charge in [-0.2, -0.15) is 0 Å². The molecule has 138 valence electrons. The number of ether oxygens (including phenoxy) is 1. The summed E-state index contributed by atoms with van der Waals surface area (Å²) >= 11 is 1.61. The van der Waals surface area contributed by atoms with Crippen LogP contribution >= 0.6 is 11.8 Å². The lowest BCUT2D eigenvalue weighted by molar-refractivity contribution is 0.102. The molecule has 0 unspecified atom stereocenters. The van der Waals surface area contributed by atoms with Gasteiger partial charge in [-0.1, -0.05) is 13.0 Å². The molecule has 0 aliphatic heterocycles. The summed E-state index contributed by atoms with van der Waals surface area (Å²) in [7, 11) is 0. The number of anilines is 1. The minimum atomic E-state index is -0.625. The van der Waals surface area contributed by atoms with Crippen molar-refractivity contribution >= 4 is 29.4 Å². The van der Waals surface area contributed by atoms with Crippen LogP contribution in [0.5, 0.6) is 5.88 Å². The predicted molar refractivity (Wildman–Crippen MR) is 104 cm³/mol. The maximum absolute atomic E-state index is 12.7. The molecule has 0 atom stereocenters. The van der Waals surface area contributed by atoms with Crippen LogP contribution in [-0.4, -0.2) is 29.8 Å². The summed E-state index contributed by atoms with van der Waals surface area (Å²) in [6, 6.07) is 9.03. The first-order valence-corrected chi connectivity index (χ1v) is 9.57. The Bertz CT molecular complexity index is 809. The number of nitrogens with one attached hydrogen (secondary N) is 2. The molecule has 7 heteroatoms. The summed E-state index contributed by atoms with van der Waals surface area (Å²) < 4.78 is 5.24. The fourth-order valence-corrected chi connectivity index (χ4v) is 2.93. The van der Waals surface area contributed by atoms with Crippen LogP contribution < -0.4 is 15.4 Å². The second kappa shape index (κ2) is 9.24. The number of hydrogen-bond acceptors (Lipinski definition) is 5. The minimum absolute atomic E-state index is 0.00484. The van der Waals surface area contributed by atoms with E-state index in [4.69, 9.17) is 4.74 Å². The molecule has 2 aromatic rings. The molecule has 0 saturated carbocycles. The topological polar surface area (TPSA) is 80.3 Å². The number of pyridine rings is 1. The van der Waals surface area contributed by atoms with Crippen LogP contribution in [0.25, 0.3) is 0 Å². The van der Waals surface area contributed by atoms with Crippen LogP contribution in [0.15, 0.2) is 35.2 Å². The lowest BCUT2D eigenvalue weighted by Gasteiger charge is -2.13. The van der Waals surface area contributed by atoms with Gasteiger partial charge < -0.3 is 15.4 Å². The number of thioether (sulfide) groups is 1. The lowest BCUT2D eigenvalue weighted by Crippen LogP contribution is -2.28. The first-order valence-electron chi connectivity index (χ1n) is 8.34. The minimum Gasteiger partial charge on any atom is -0.390 e. The van der Waals surface area contributed by atoms with E-state index in [9.17, 15) is 9.59 Å². The second-order valence-corrected chi connectivity index (χ2v) is 6.56. The smallest absolute Gasteiger partial charge is 0.390 e. The van der Waals surface area contributed by atoms with Gasteiger partial charge >= 0.3 is 6.09 Å². The number of carbonyl (C=O) groups excluding carboxylic acids is 2. The van der Waals surface area contributed by atoms with Crippen molar-refractivity contribution in [1.29, 1.82) is 0 Å². The monoisotopic (exact) mass is 373 g/mol. The Balaban J connectivity index is 2.24. The van der Waals surface area contributed by atoms with Crippen molar-refractivity contribution in [2.24, 2.45) is 0 Å². The molecule has 2 amide bonds. The second-order valence-electron chi connectivity index (χ2n) is 5.71. The maximum atomic E-state index is 12.7. The zero-order valence-corrected chi connectivity index (χ0v) is 16.2. The molecule has 0 bridgehead atoms. The van der Waals surface area contributed by atoms with Crippen LogP contribution in [-0.2, 0) is 0 Å². The SMILES string of the molecule is CCCNC(=O)Oc1nc(C)ccc1C(=O)Nc1cccc(SC)c1C. The zero-order valence-electron chi connectivity index (χ0n) is 15.4. The van der Waals surface area contributed by atoms with E-state index >= 15 is 0 Å². The van der Waals surface area contributed by atoms with E-state index in [0.717, 1.165) is 16.9 Å². The van der Waals surface area contributed by atoms with Crippen molar-refractivity contribution in [3.05, 3.63) is 47.2 Å². The van der Waals surface area contributed by atoms with Crippen molar-refractivity contribution in [3.8, 4) is 5.88 Å². The van der Waals surface area contributed by atoms with Crippen LogP contribution in [0.3, 0.4) is 0 Å². The van der Waals surface area contributed by atoms with E-state index in [0.29, 0.717) is 17.9 Å². The number of aromatic nitrogens is 1. The van der Waals surface area contributed by atoms with Gasteiger partial charge in [0.15, 0.2) is 0 Å². The molecular weight excluding hydrogens is 350 g/mol. The third kappa shape index (κ3) is 4.98. The van der Waals surface area contributed by atoms with E-state index in [2.05, 4.69) is 15.6 Å². The molecule has 0 saturated heterocycles. The Morgan fingerprint density at radius 3 is 2.65 bits per heavy atom. The van der Waals surface area contributed by atoms with Crippen molar-refractivity contribution in [2.75, 3.05) is 18.1 Å². The van der Waals surface area contributed by atoms with Crippen LogP contribution in [0.4, 0.5) is 10.5 Å². The third-order valence-corrected chi connectivity index (χ3v) is 4.59. The van der Waals surface area contributed by atoms with Crippen LogP contribution in [0, 0.1) is 13.8 Å². The van der Waals surface area contributed by atoms with Gasteiger partial charge in [0.2, 0.25) is 5.88 Å². The molecule has 2 rings (SSSR count). The fourth-order valence-electron chi connectivity index (χ4n) is 2.30. The molecule has 1 aromatic heterocycles. The Morgan fingerprint density at radius 1 is 1.19 bits per heavy atom. The summed E-state index contributed by atoms with van der Waals surface area (Å²) in [4.78, 5) is 29.8. The quantitative estimate of drug-likeness (QED) is 0.743. The molecule has 0 fully saturated rings. The van der Waals surface area contributed by atoms with Gasteiger partial charge in [0.1, 0.15) is 5.56 Å². The van der Waals surface area contributed by atoms with Gasteiger partial charge in [0, 0.05) is 22.8 Å². The van der Waals surface area contributed by atoms with E-state index in [1.807, 2.05) is 38.3 Å². The Hall–Kier alpha value is -2.54.